The highest BCUT2D eigenvalue weighted by Crippen LogP contribution is 2.50. The molecule has 1 saturated heterocycles. The lowest BCUT2D eigenvalue weighted by molar-refractivity contribution is -0.142. The van der Waals surface area contributed by atoms with Gasteiger partial charge < -0.3 is 20.4 Å². The van der Waals surface area contributed by atoms with E-state index in [9.17, 15) is 14.4 Å². The number of carbonyl (C=O) groups is 3. The zero-order valence-corrected chi connectivity index (χ0v) is 16.1. The van der Waals surface area contributed by atoms with Gasteiger partial charge in [0.15, 0.2) is 0 Å². The normalized spacial score (nSPS) is 28.0. The first-order valence-corrected chi connectivity index (χ1v) is 9.35. The number of nitrogens with one attached hydrogen (secondary N) is 2. The zero-order valence-electron chi connectivity index (χ0n) is 16.1. The highest BCUT2D eigenvalue weighted by Gasteiger charge is 2.59. The van der Waals surface area contributed by atoms with E-state index in [4.69, 9.17) is 0 Å². The molecule has 4 amide bonds. The predicted octanol–water partition coefficient (Wildman–Crippen LogP) is 1.19. The van der Waals surface area contributed by atoms with Crippen molar-refractivity contribution in [1.82, 2.24) is 20.4 Å². The number of carbonyl (C=O) groups excluding carboxylic acids is 3. The topological polar surface area (TPSA) is 81.8 Å². The summed E-state index contributed by atoms with van der Waals surface area (Å²) < 4.78 is 0. The van der Waals surface area contributed by atoms with Crippen LogP contribution in [-0.2, 0) is 9.59 Å². The van der Waals surface area contributed by atoms with Crippen molar-refractivity contribution >= 4 is 17.8 Å². The molecule has 2 aliphatic rings. The van der Waals surface area contributed by atoms with Gasteiger partial charge in [-0.1, -0.05) is 0 Å². The number of urea groups is 1. The highest BCUT2D eigenvalue weighted by atomic mass is 16.2. The minimum atomic E-state index is -0.562. The molecule has 7 heteroatoms. The summed E-state index contributed by atoms with van der Waals surface area (Å²) in [5.74, 6) is 0.247. The van der Waals surface area contributed by atoms with Crippen LogP contribution in [-0.4, -0.2) is 65.9 Å². The first-order chi connectivity index (χ1) is 11.7. The fourth-order valence-electron chi connectivity index (χ4n) is 4.37. The smallest absolute Gasteiger partial charge is 0.315 e. The molecule has 0 aromatic carbocycles. The summed E-state index contributed by atoms with van der Waals surface area (Å²) in [6, 6.07) is -0.147. The van der Waals surface area contributed by atoms with E-state index >= 15 is 0 Å². The van der Waals surface area contributed by atoms with Crippen molar-refractivity contribution in [2.45, 2.75) is 59.5 Å². The summed E-state index contributed by atoms with van der Waals surface area (Å²) in [6.07, 6.45) is 1.34. The van der Waals surface area contributed by atoms with Gasteiger partial charge in [0.05, 0.1) is 5.41 Å². The minimum Gasteiger partial charge on any atom is -0.343 e. The van der Waals surface area contributed by atoms with E-state index in [1.807, 2.05) is 32.6 Å². The average molecular weight is 352 g/mol. The fourth-order valence-corrected chi connectivity index (χ4v) is 4.37. The van der Waals surface area contributed by atoms with Crippen LogP contribution in [0, 0.1) is 11.3 Å². The van der Waals surface area contributed by atoms with Crippen LogP contribution in [0.4, 0.5) is 4.79 Å². The van der Waals surface area contributed by atoms with Gasteiger partial charge in [0, 0.05) is 45.2 Å². The third kappa shape index (κ3) is 3.90. The first kappa shape index (κ1) is 19.5. The Bertz CT molecular complexity index is 532. The van der Waals surface area contributed by atoms with Crippen LogP contribution in [0.5, 0.6) is 0 Å². The van der Waals surface area contributed by atoms with E-state index < -0.39 is 5.41 Å². The molecule has 1 aliphatic carbocycles. The quantitative estimate of drug-likeness (QED) is 0.780. The molecular formula is C18H32N4O3. The van der Waals surface area contributed by atoms with Crippen molar-refractivity contribution in [2.24, 2.45) is 11.3 Å². The maximum Gasteiger partial charge on any atom is 0.315 e. The third-order valence-electron chi connectivity index (χ3n) is 5.55. The largest absolute Gasteiger partial charge is 0.343 e. The summed E-state index contributed by atoms with van der Waals surface area (Å²) >= 11 is 0. The number of nitrogens with zero attached hydrogens (tertiary/aromatic N) is 2. The van der Waals surface area contributed by atoms with Crippen molar-refractivity contribution in [3.8, 4) is 0 Å². The second kappa shape index (κ2) is 7.62. The van der Waals surface area contributed by atoms with Crippen molar-refractivity contribution in [3.05, 3.63) is 0 Å². The van der Waals surface area contributed by atoms with Crippen LogP contribution in [0.3, 0.4) is 0 Å². The number of hydrogen-bond acceptors (Lipinski definition) is 3. The lowest BCUT2D eigenvalue weighted by Crippen LogP contribution is -2.49. The molecule has 0 radical (unpaired) electrons. The molecule has 3 atom stereocenters. The number of hydrogen-bond donors (Lipinski definition) is 2. The van der Waals surface area contributed by atoms with Crippen LogP contribution in [0.1, 0.15) is 47.5 Å². The molecule has 0 aromatic heterocycles. The van der Waals surface area contributed by atoms with Gasteiger partial charge in [-0.25, -0.2) is 4.79 Å². The van der Waals surface area contributed by atoms with Gasteiger partial charge in [-0.15, -0.1) is 0 Å². The number of fused-ring (bicyclic) bond motifs is 1. The van der Waals surface area contributed by atoms with E-state index in [1.165, 1.54) is 0 Å². The Morgan fingerprint density at radius 2 is 1.88 bits per heavy atom. The van der Waals surface area contributed by atoms with Crippen LogP contribution in [0.15, 0.2) is 0 Å². The number of likely N-dealkylation sites (tertiary alicyclic amines) is 1. The average Bonchev–Trinajstić information content (AvgIpc) is 3.02. The van der Waals surface area contributed by atoms with Gasteiger partial charge in [-0.2, -0.15) is 0 Å². The van der Waals surface area contributed by atoms with Gasteiger partial charge in [0.2, 0.25) is 11.8 Å². The summed E-state index contributed by atoms with van der Waals surface area (Å²) in [5.41, 5.74) is -0.562. The molecule has 142 valence electrons. The first-order valence-electron chi connectivity index (χ1n) is 9.35. The summed E-state index contributed by atoms with van der Waals surface area (Å²) in [4.78, 5) is 40.8. The lowest BCUT2D eigenvalue weighted by Gasteiger charge is -2.33. The molecule has 0 aromatic rings. The second-order valence-electron chi connectivity index (χ2n) is 7.64. The molecule has 2 N–H and O–H groups in total. The van der Waals surface area contributed by atoms with E-state index in [2.05, 4.69) is 10.6 Å². The van der Waals surface area contributed by atoms with E-state index in [1.54, 1.807) is 11.8 Å². The molecule has 2 fully saturated rings. The predicted molar refractivity (Wildman–Crippen MR) is 95.9 cm³/mol. The Kier molecular flexibility index (Phi) is 5.95. The third-order valence-corrected chi connectivity index (χ3v) is 5.55. The fraction of sp³-hybridized carbons (Fsp3) is 0.833. The van der Waals surface area contributed by atoms with Gasteiger partial charge in [0.1, 0.15) is 0 Å². The summed E-state index contributed by atoms with van der Waals surface area (Å²) in [7, 11) is 0. The maximum atomic E-state index is 13.2. The zero-order chi connectivity index (χ0) is 18.8. The molecule has 1 aliphatic heterocycles. The van der Waals surface area contributed by atoms with Gasteiger partial charge in [-0.05, 0) is 46.5 Å². The van der Waals surface area contributed by atoms with Crippen LogP contribution >= 0.6 is 0 Å². The summed E-state index contributed by atoms with van der Waals surface area (Å²) in [5, 5.41) is 5.85. The molecule has 2 rings (SSSR count). The monoisotopic (exact) mass is 352 g/mol. The summed E-state index contributed by atoms with van der Waals surface area (Å²) in [6.45, 7) is 11.7. The number of rotatable bonds is 5. The van der Waals surface area contributed by atoms with Crippen molar-refractivity contribution in [3.63, 3.8) is 0 Å². The number of amides is 4. The van der Waals surface area contributed by atoms with Crippen molar-refractivity contribution in [2.75, 3.05) is 26.2 Å². The minimum absolute atomic E-state index is 0.0168. The van der Waals surface area contributed by atoms with Crippen LogP contribution in [0.2, 0.25) is 0 Å². The lowest BCUT2D eigenvalue weighted by atomic mass is 9.79. The molecule has 1 heterocycles. The molecule has 7 nitrogen and oxygen atoms in total. The van der Waals surface area contributed by atoms with Crippen LogP contribution < -0.4 is 10.6 Å². The molecule has 25 heavy (non-hydrogen) atoms. The SMILES string of the molecule is CCN(CC)C(=O)[C@]12C[C@H](NC(=O)NC(C)C)C[C@H]1CN(C(C)=O)C2. The van der Waals surface area contributed by atoms with Crippen LogP contribution in [0.25, 0.3) is 0 Å². The Morgan fingerprint density at radius 3 is 2.40 bits per heavy atom. The van der Waals surface area contributed by atoms with E-state index in [-0.39, 0.29) is 35.8 Å². The van der Waals surface area contributed by atoms with Gasteiger partial charge >= 0.3 is 6.03 Å². The Labute approximate surface area is 150 Å². The van der Waals surface area contributed by atoms with Crippen molar-refractivity contribution < 1.29 is 14.4 Å². The second-order valence-corrected chi connectivity index (χ2v) is 7.64. The molecular weight excluding hydrogens is 320 g/mol. The van der Waals surface area contributed by atoms with E-state index in [0.717, 1.165) is 6.42 Å². The molecule has 0 unspecified atom stereocenters. The van der Waals surface area contributed by atoms with Crippen molar-refractivity contribution in [1.29, 1.82) is 0 Å². The van der Waals surface area contributed by atoms with E-state index in [0.29, 0.717) is 32.6 Å². The Morgan fingerprint density at radius 1 is 1.24 bits per heavy atom. The maximum absolute atomic E-state index is 13.2. The Balaban J connectivity index is 2.17. The standard InChI is InChI=1S/C18H32N4O3/c1-6-21(7-2)16(24)18-9-15(20-17(25)19-12(3)4)8-14(18)10-22(11-18)13(5)23/h12,14-15H,6-11H2,1-5H3,(H2,19,20,25)/t14-,15+,18-/m0/s1. The van der Waals surface area contributed by atoms with Gasteiger partial charge in [0.25, 0.3) is 0 Å². The molecule has 1 saturated carbocycles. The molecule has 0 bridgehead atoms. The Hall–Kier alpha value is -1.79. The van der Waals surface area contributed by atoms with Gasteiger partial charge in [-0.3, -0.25) is 9.59 Å². The molecule has 0 spiro atoms. The highest BCUT2D eigenvalue weighted by molar-refractivity contribution is 5.86.